The fraction of sp³-hybridized carbons (Fsp3) is 0.286. The summed E-state index contributed by atoms with van der Waals surface area (Å²) in [4.78, 5) is 23.6. The maximum atomic E-state index is 12.2. The molecule has 0 aliphatic carbocycles. The number of ether oxygens (including phenoxy) is 4. The first-order valence-corrected chi connectivity index (χ1v) is 10.0. The number of hydrogen-bond donors (Lipinski definition) is 1. The van der Waals surface area contributed by atoms with E-state index in [-0.39, 0.29) is 13.2 Å². The van der Waals surface area contributed by atoms with E-state index in [4.69, 9.17) is 42.1 Å². The van der Waals surface area contributed by atoms with Gasteiger partial charge in [-0.25, -0.2) is 10.2 Å². The highest BCUT2D eigenvalue weighted by Crippen LogP contribution is 2.29. The van der Waals surface area contributed by atoms with Gasteiger partial charge in [-0.2, -0.15) is 5.10 Å². The standard InChI is InChI=1S/C21H22Cl2N2O6/c1-4-29-20(26)12-30-18-7-5-14(9-19(18)28-3)11-24-25-21(27)13(2)31-17-8-6-15(22)10-16(17)23/h5-11,13H,4,12H2,1-3H3,(H,25,27)/b24-11+/t13-/m1/s1. The number of amides is 1. The van der Waals surface area contributed by atoms with Gasteiger partial charge in [0.05, 0.1) is 25.0 Å². The summed E-state index contributed by atoms with van der Waals surface area (Å²) < 4.78 is 21.0. The van der Waals surface area contributed by atoms with Crippen molar-refractivity contribution >= 4 is 41.3 Å². The van der Waals surface area contributed by atoms with Crippen molar-refractivity contribution < 1.29 is 28.5 Å². The van der Waals surface area contributed by atoms with Gasteiger partial charge in [-0.05, 0) is 55.8 Å². The molecule has 0 aromatic heterocycles. The molecule has 1 atom stereocenters. The first kappa shape index (κ1) is 24.3. The summed E-state index contributed by atoms with van der Waals surface area (Å²) in [7, 11) is 1.47. The minimum absolute atomic E-state index is 0.233. The van der Waals surface area contributed by atoms with E-state index in [1.54, 1.807) is 44.2 Å². The van der Waals surface area contributed by atoms with Crippen LogP contribution in [0.4, 0.5) is 0 Å². The molecular formula is C21H22Cl2N2O6. The van der Waals surface area contributed by atoms with Gasteiger partial charge in [-0.1, -0.05) is 23.2 Å². The second-order valence-corrected chi connectivity index (χ2v) is 6.92. The van der Waals surface area contributed by atoms with Crippen molar-refractivity contribution in [3.05, 3.63) is 52.0 Å². The normalized spacial score (nSPS) is 11.6. The zero-order valence-corrected chi connectivity index (χ0v) is 18.7. The first-order valence-electron chi connectivity index (χ1n) is 9.25. The monoisotopic (exact) mass is 468 g/mol. The molecule has 0 fully saturated rings. The van der Waals surface area contributed by atoms with Crippen LogP contribution in [0.3, 0.4) is 0 Å². The van der Waals surface area contributed by atoms with Crippen molar-refractivity contribution in [1.29, 1.82) is 0 Å². The smallest absolute Gasteiger partial charge is 0.344 e. The maximum Gasteiger partial charge on any atom is 0.344 e. The van der Waals surface area contributed by atoms with Crippen LogP contribution in [-0.2, 0) is 14.3 Å². The van der Waals surface area contributed by atoms with Crippen LogP contribution in [-0.4, -0.2) is 44.5 Å². The fourth-order valence-corrected chi connectivity index (χ4v) is 2.75. The number of rotatable bonds is 10. The van der Waals surface area contributed by atoms with Crippen molar-refractivity contribution in [2.45, 2.75) is 20.0 Å². The van der Waals surface area contributed by atoms with E-state index in [0.29, 0.717) is 32.9 Å². The average molecular weight is 469 g/mol. The lowest BCUT2D eigenvalue weighted by Crippen LogP contribution is -2.33. The molecule has 166 valence electrons. The summed E-state index contributed by atoms with van der Waals surface area (Å²) in [5.41, 5.74) is 3.03. The Morgan fingerprint density at radius 3 is 2.55 bits per heavy atom. The molecule has 31 heavy (non-hydrogen) atoms. The number of hydrazone groups is 1. The molecule has 8 nitrogen and oxygen atoms in total. The number of carbonyl (C=O) groups excluding carboxylic acids is 2. The highest BCUT2D eigenvalue weighted by atomic mass is 35.5. The number of carbonyl (C=O) groups is 2. The number of halogens is 2. The zero-order valence-electron chi connectivity index (χ0n) is 17.2. The highest BCUT2D eigenvalue weighted by Gasteiger charge is 2.16. The van der Waals surface area contributed by atoms with E-state index in [1.807, 2.05) is 0 Å². The van der Waals surface area contributed by atoms with E-state index in [1.165, 1.54) is 19.4 Å². The van der Waals surface area contributed by atoms with Gasteiger partial charge < -0.3 is 18.9 Å². The third-order valence-electron chi connectivity index (χ3n) is 3.79. The lowest BCUT2D eigenvalue weighted by atomic mass is 10.2. The van der Waals surface area contributed by atoms with Crippen molar-refractivity contribution in [3.8, 4) is 17.2 Å². The molecule has 1 amide bonds. The highest BCUT2D eigenvalue weighted by molar-refractivity contribution is 6.35. The Morgan fingerprint density at radius 2 is 1.87 bits per heavy atom. The molecule has 0 aliphatic rings. The molecule has 0 aliphatic heterocycles. The van der Waals surface area contributed by atoms with Gasteiger partial charge in [0.1, 0.15) is 5.75 Å². The molecule has 0 unspecified atom stereocenters. The third kappa shape index (κ3) is 7.66. The minimum Gasteiger partial charge on any atom is -0.493 e. The van der Waals surface area contributed by atoms with Crippen LogP contribution in [0.2, 0.25) is 10.0 Å². The lowest BCUT2D eigenvalue weighted by Gasteiger charge is -2.14. The van der Waals surface area contributed by atoms with Crippen molar-refractivity contribution in [2.75, 3.05) is 20.3 Å². The Bertz CT molecular complexity index is 951. The van der Waals surface area contributed by atoms with Gasteiger partial charge in [0.25, 0.3) is 5.91 Å². The number of nitrogens with zero attached hydrogens (tertiary/aromatic N) is 1. The van der Waals surface area contributed by atoms with Crippen LogP contribution in [0.25, 0.3) is 0 Å². The predicted molar refractivity (Wildman–Crippen MR) is 117 cm³/mol. The quantitative estimate of drug-likeness (QED) is 0.323. The summed E-state index contributed by atoms with van der Waals surface area (Å²) in [5.74, 6) is 0.158. The minimum atomic E-state index is -0.844. The van der Waals surface area contributed by atoms with Crippen molar-refractivity contribution in [3.63, 3.8) is 0 Å². The second-order valence-electron chi connectivity index (χ2n) is 6.07. The van der Waals surface area contributed by atoms with Gasteiger partial charge in [0.2, 0.25) is 0 Å². The van der Waals surface area contributed by atoms with Gasteiger partial charge in [0, 0.05) is 5.02 Å². The molecule has 2 rings (SSSR count). The molecule has 0 heterocycles. The van der Waals surface area contributed by atoms with Crippen LogP contribution < -0.4 is 19.6 Å². The molecule has 0 radical (unpaired) electrons. The number of benzene rings is 2. The van der Waals surface area contributed by atoms with E-state index in [2.05, 4.69) is 10.5 Å². The van der Waals surface area contributed by atoms with Crippen molar-refractivity contribution in [2.24, 2.45) is 5.10 Å². The first-order chi connectivity index (χ1) is 14.8. The summed E-state index contributed by atoms with van der Waals surface area (Å²) >= 11 is 11.9. The summed E-state index contributed by atoms with van der Waals surface area (Å²) in [6.45, 7) is 3.32. The Labute approximate surface area is 190 Å². The Hall–Kier alpha value is -2.97. The molecule has 0 saturated heterocycles. The molecule has 10 heteroatoms. The molecule has 1 N–H and O–H groups in total. The van der Waals surface area contributed by atoms with Gasteiger partial charge in [-0.3, -0.25) is 4.79 Å². The van der Waals surface area contributed by atoms with Crippen LogP contribution in [0.15, 0.2) is 41.5 Å². The number of esters is 1. The molecule has 0 spiro atoms. The SMILES string of the molecule is CCOC(=O)COc1ccc(/C=N/NC(=O)[C@@H](C)Oc2ccc(Cl)cc2Cl)cc1OC. The van der Waals surface area contributed by atoms with Crippen molar-refractivity contribution in [1.82, 2.24) is 5.43 Å². The molecule has 0 bridgehead atoms. The zero-order chi connectivity index (χ0) is 22.8. The maximum absolute atomic E-state index is 12.2. The molecule has 0 saturated carbocycles. The summed E-state index contributed by atoms with van der Waals surface area (Å²) in [6, 6.07) is 9.66. The Morgan fingerprint density at radius 1 is 1.13 bits per heavy atom. The van der Waals surface area contributed by atoms with Crippen LogP contribution in [0.1, 0.15) is 19.4 Å². The third-order valence-corrected chi connectivity index (χ3v) is 4.32. The Kier molecular flexibility index (Phi) is 9.42. The summed E-state index contributed by atoms with van der Waals surface area (Å²) in [6.07, 6.45) is 0.585. The number of methoxy groups -OCH3 is 1. The van der Waals surface area contributed by atoms with E-state index in [9.17, 15) is 9.59 Å². The molecule has 2 aromatic rings. The predicted octanol–water partition coefficient (Wildman–Crippen LogP) is 3.86. The number of nitrogens with one attached hydrogen (secondary N) is 1. The topological polar surface area (TPSA) is 95.5 Å². The van der Waals surface area contributed by atoms with E-state index < -0.39 is 18.0 Å². The molecular weight excluding hydrogens is 447 g/mol. The average Bonchev–Trinajstić information content (AvgIpc) is 2.74. The van der Waals surface area contributed by atoms with E-state index in [0.717, 1.165) is 0 Å². The number of hydrogen-bond acceptors (Lipinski definition) is 7. The van der Waals surface area contributed by atoms with Gasteiger partial charge in [0.15, 0.2) is 24.2 Å². The van der Waals surface area contributed by atoms with Gasteiger partial charge in [-0.15, -0.1) is 0 Å². The van der Waals surface area contributed by atoms with Crippen LogP contribution in [0.5, 0.6) is 17.2 Å². The van der Waals surface area contributed by atoms with Crippen LogP contribution in [0, 0.1) is 0 Å². The molecule has 2 aromatic carbocycles. The summed E-state index contributed by atoms with van der Waals surface area (Å²) in [5, 5.41) is 4.68. The largest absolute Gasteiger partial charge is 0.493 e. The fourth-order valence-electron chi connectivity index (χ4n) is 2.30. The van der Waals surface area contributed by atoms with E-state index >= 15 is 0 Å². The lowest BCUT2D eigenvalue weighted by molar-refractivity contribution is -0.145. The van der Waals surface area contributed by atoms with Gasteiger partial charge >= 0.3 is 5.97 Å². The Balaban J connectivity index is 1.93. The second kappa shape index (κ2) is 12.0. The van der Waals surface area contributed by atoms with Crippen LogP contribution >= 0.6 is 23.2 Å².